The number of hydrogen-bond acceptors (Lipinski definition) is 2. The van der Waals surface area contributed by atoms with E-state index in [1.165, 1.54) is 11.1 Å². The van der Waals surface area contributed by atoms with E-state index in [0.29, 0.717) is 6.42 Å². The molecule has 0 unspecified atom stereocenters. The van der Waals surface area contributed by atoms with Gasteiger partial charge in [0.1, 0.15) is 6.54 Å². The number of rotatable bonds is 7. The second-order valence-electron chi connectivity index (χ2n) is 6.32. The molecule has 21 heavy (non-hydrogen) atoms. The van der Waals surface area contributed by atoms with Crippen LogP contribution < -0.4 is 5.32 Å². The number of aliphatic carboxylic acids is 1. The van der Waals surface area contributed by atoms with Gasteiger partial charge in [0.15, 0.2) is 0 Å². The predicted octanol–water partition coefficient (Wildman–Crippen LogP) is 2.90. The molecule has 0 saturated heterocycles. The standard InChI is InChI=1S/C17H25NO3/c1-17(2,3)14-10-8-13(9-11-14)6-4-5-7-15(19)18-12-16(20)21/h8-11H,4-7,12H2,1-3H3,(H,18,19)(H,20,21). The van der Waals surface area contributed by atoms with Crippen LogP contribution in [0.1, 0.15) is 51.2 Å². The molecule has 1 amide bonds. The molecule has 0 aromatic heterocycles. The van der Waals surface area contributed by atoms with E-state index in [1.54, 1.807) is 0 Å². The minimum absolute atomic E-state index is 0.167. The Morgan fingerprint density at radius 1 is 1.10 bits per heavy atom. The van der Waals surface area contributed by atoms with Crippen molar-refractivity contribution in [1.29, 1.82) is 0 Å². The lowest BCUT2D eigenvalue weighted by Crippen LogP contribution is -2.28. The quantitative estimate of drug-likeness (QED) is 0.759. The van der Waals surface area contributed by atoms with Gasteiger partial charge in [-0.3, -0.25) is 9.59 Å². The van der Waals surface area contributed by atoms with Crippen LogP contribution in [0.4, 0.5) is 0 Å². The molecule has 0 aliphatic carbocycles. The van der Waals surface area contributed by atoms with Crippen LogP contribution in [-0.2, 0) is 21.4 Å². The Balaban J connectivity index is 2.27. The fourth-order valence-corrected chi connectivity index (χ4v) is 2.05. The summed E-state index contributed by atoms with van der Waals surface area (Å²) in [6.45, 7) is 6.28. The van der Waals surface area contributed by atoms with Crippen molar-refractivity contribution in [2.24, 2.45) is 0 Å². The highest BCUT2D eigenvalue weighted by Gasteiger charge is 2.12. The Morgan fingerprint density at radius 3 is 2.24 bits per heavy atom. The molecule has 0 heterocycles. The summed E-state index contributed by atoms with van der Waals surface area (Å²) in [7, 11) is 0. The van der Waals surface area contributed by atoms with Gasteiger partial charge in [0.05, 0.1) is 0 Å². The molecule has 4 nitrogen and oxygen atoms in total. The summed E-state index contributed by atoms with van der Waals surface area (Å²) in [5.74, 6) is -1.21. The monoisotopic (exact) mass is 291 g/mol. The zero-order chi connectivity index (χ0) is 15.9. The molecule has 1 aromatic rings. The predicted molar refractivity (Wildman–Crippen MR) is 83.3 cm³/mol. The maximum absolute atomic E-state index is 11.3. The first-order valence-electron chi connectivity index (χ1n) is 7.37. The van der Waals surface area contributed by atoms with Crippen LogP contribution in [0.5, 0.6) is 0 Å². The molecule has 1 aromatic carbocycles. The number of carboxylic acids is 1. The molecule has 0 bridgehead atoms. The fourth-order valence-electron chi connectivity index (χ4n) is 2.05. The third kappa shape index (κ3) is 6.93. The van der Waals surface area contributed by atoms with Crippen LogP contribution in [0.3, 0.4) is 0 Å². The Hall–Kier alpha value is -1.84. The highest BCUT2D eigenvalue weighted by atomic mass is 16.4. The van der Waals surface area contributed by atoms with Gasteiger partial charge in [-0.1, -0.05) is 45.0 Å². The third-order valence-electron chi connectivity index (χ3n) is 3.38. The molecule has 0 aliphatic rings. The summed E-state index contributed by atoms with van der Waals surface area (Å²) in [6, 6.07) is 8.61. The number of unbranched alkanes of at least 4 members (excludes halogenated alkanes) is 1. The van der Waals surface area contributed by atoms with E-state index in [2.05, 4.69) is 50.4 Å². The summed E-state index contributed by atoms with van der Waals surface area (Å²) in [6.07, 6.45) is 3.02. The van der Waals surface area contributed by atoms with Crippen LogP contribution in [0, 0.1) is 0 Å². The molecular formula is C17H25NO3. The van der Waals surface area contributed by atoms with Gasteiger partial charge >= 0.3 is 5.97 Å². The van der Waals surface area contributed by atoms with Gasteiger partial charge in [-0.15, -0.1) is 0 Å². The van der Waals surface area contributed by atoms with Gasteiger partial charge in [0.25, 0.3) is 0 Å². The van der Waals surface area contributed by atoms with Crippen LogP contribution in [0.25, 0.3) is 0 Å². The second-order valence-corrected chi connectivity index (χ2v) is 6.32. The van der Waals surface area contributed by atoms with Crippen molar-refractivity contribution < 1.29 is 14.7 Å². The van der Waals surface area contributed by atoms with E-state index in [0.717, 1.165) is 19.3 Å². The van der Waals surface area contributed by atoms with Crippen LogP contribution in [0.15, 0.2) is 24.3 Å². The van der Waals surface area contributed by atoms with E-state index in [1.807, 2.05) is 0 Å². The smallest absolute Gasteiger partial charge is 0.322 e. The van der Waals surface area contributed by atoms with Crippen molar-refractivity contribution >= 4 is 11.9 Å². The van der Waals surface area contributed by atoms with Crippen molar-refractivity contribution in [3.05, 3.63) is 35.4 Å². The van der Waals surface area contributed by atoms with Gasteiger partial charge < -0.3 is 10.4 Å². The van der Waals surface area contributed by atoms with Crippen molar-refractivity contribution in [2.75, 3.05) is 6.54 Å². The van der Waals surface area contributed by atoms with Crippen LogP contribution in [-0.4, -0.2) is 23.5 Å². The maximum Gasteiger partial charge on any atom is 0.322 e. The van der Waals surface area contributed by atoms with Gasteiger partial charge in [0, 0.05) is 6.42 Å². The molecule has 0 fully saturated rings. The number of nitrogens with one attached hydrogen (secondary N) is 1. The van der Waals surface area contributed by atoms with Crippen molar-refractivity contribution in [3.63, 3.8) is 0 Å². The largest absolute Gasteiger partial charge is 0.480 e. The minimum atomic E-state index is -1.01. The Morgan fingerprint density at radius 2 is 1.71 bits per heavy atom. The van der Waals surface area contributed by atoms with E-state index in [-0.39, 0.29) is 17.9 Å². The first kappa shape index (κ1) is 17.2. The van der Waals surface area contributed by atoms with E-state index < -0.39 is 5.97 Å². The average Bonchev–Trinajstić information content (AvgIpc) is 2.41. The molecule has 1 rings (SSSR count). The summed E-state index contributed by atoms with van der Waals surface area (Å²) < 4.78 is 0. The normalized spacial score (nSPS) is 11.2. The van der Waals surface area contributed by atoms with Crippen molar-refractivity contribution in [3.8, 4) is 0 Å². The van der Waals surface area contributed by atoms with E-state index in [4.69, 9.17) is 5.11 Å². The van der Waals surface area contributed by atoms with Crippen LogP contribution >= 0.6 is 0 Å². The summed E-state index contributed by atoms with van der Waals surface area (Å²) in [5, 5.41) is 10.8. The number of aryl methyl sites for hydroxylation is 1. The zero-order valence-corrected chi connectivity index (χ0v) is 13.1. The first-order valence-corrected chi connectivity index (χ1v) is 7.37. The van der Waals surface area contributed by atoms with E-state index in [9.17, 15) is 9.59 Å². The summed E-state index contributed by atoms with van der Waals surface area (Å²) in [4.78, 5) is 21.6. The maximum atomic E-state index is 11.3. The number of carbonyl (C=O) groups is 2. The number of carbonyl (C=O) groups excluding carboxylic acids is 1. The first-order chi connectivity index (χ1) is 9.79. The molecule has 2 N–H and O–H groups in total. The molecular weight excluding hydrogens is 266 g/mol. The average molecular weight is 291 g/mol. The van der Waals surface area contributed by atoms with Gasteiger partial charge in [-0.05, 0) is 35.8 Å². The minimum Gasteiger partial charge on any atom is -0.480 e. The zero-order valence-electron chi connectivity index (χ0n) is 13.1. The Labute approximate surface area is 126 Å². The molecule has 0 radical (unpaired) electrons. The molecule has 0 atom stereocenters. The Bertz CT molecular complexity index is 472. The van der Waals surface area contributed by atoms with Crippen molar-refractivity contribution in [2.45, 2.75) is 51.9 Å². The van der Waals surface area contributed by atoms with Gasteiger partial charge in [0.2, 0.25) is 5.91 Å². The summed E-state index contributed by atoms with van der Waals surface area (Å²) in [5.41, 5.74) is 2.76. The highest BCUT2D eigenvalue weighted by molar-refractivity contribution is 5.80. The summed E-state index contributed by atoms with van der Waals surface area (Å²) >= 11 is 0. The third-order valence-corrected chi connectivity index (χ3v) is 3.38. The number of carboxylic acid groups (broad SMARTS) is 1. The molecule has 0 saturated carbocycles. The van der Waals surface area contributed by atoms with Crippen LogP contribution in [0.2, 0.25) is 0 Å². The van der Waals surface area contributed by atoms with Crippen molar-refractivity contribution in [1.82, 2.24) is 5.32 Å². The molecule has 116 valence electrons. The highest BCUT2D eigenvalue weighted by Crippen LogP contribution is 2.22. The topological polar surface area (TPSA) is 66.4 Å². The molecule has 4 heteroatoms. The fraction of sp³-hybridized carbons (Fsp3) is 0.529. The number of benzene rings is 1. The number of amides is 1. The lowest BCUT2D eigenvalue weighted by atomic mass is 9.86. The Kier molecular flexibility index (Phi) is 6.40. The molecule has 0 spiro atoms. The van der Waals surface area contributed by atoms with Gasteiger partial charge in [-0.2, -0.15) is 0 Å². The number of hydrogen-bond donors (Lipinski definition) is 2. The van der Waals surface area contributed by atoms with Gasteiger partial charge in [-0.25, -0.2) is 0 Å². The lowest BCUT2D eigenvalue weighted by molar-refractivity contribution is -0.137. The second kappa shape index (κ2) is 7.81. The van der Waals surface area contributed by atoms with E-state index >= 15 is 0 Å². The molecule has 0 aliphatic heterocycles. The lowest BCUT2D eigenvalue weighted by Gasteiger charge is -2.19. The SMILES string of the molecule is CC(C)(C)c1ccc(CCCCC(=O)NCC(=O)O)cc1.